The minimum Gasteiger partial charge on any atom is -0.449 e. The summed E-state index contributed by atoms with van der Waals surface area (Å²) in [6, 6.07) is 5.77. The third-order valence-corrected chi connectivity index (χ3v) is 3.11. The Hall–Kier alpha value is -2.90. The molecule has 0 spiro atoms. The predicted octanol–water partition coefficient (Wildman–Crippen LogP) is 1.49. The first-order valence-corrected chi connectivity index (χ1v) is 8.15. The van der Waals surface area contributed by atoms with Gasteiger partial charge < -0.3 is 15.4 Å². The molecular formula is C18H25N3O5. The zero-order valence-electron chi connectivity index (χ0n) is 15.6. The maximum atomic E-state index is 12.1. The van der Waals surface area contributed by atoms with Gasteiger partial charge in [-0.05, 0) is 45.4 Å². The monoisotopic (exact) mass is 363 g/mol. The second kappa shape index (κ2) is 8.98. The summed E-state index contributed by atoms with van der Waals surface area (Å²) >= 11 is 0. The number of carbonyl (C=O) groups excluding carboxylic acids is 4. The van der Waals surface area contributed by atoms with E-state index in [1.807, 2.05) is 0 Å². The molecule has 0 radical (unpaired) electrons. The standard InChI is InChI=1S/C18H25N3O5/c1-11(15(23)20-17(25)21-18(3,4)5)26-16(24)14-8-6-13(7-9-14)10-19-12(2)22/h6-9,11H,10H2,1-5H3,(H,19,22)(H2,20,21,23,25). The number of carbonyl (C=O) groups is 4. The number of nitrogens with one attached hydrogen (secondary N) is 3. The number of hydrogen-bond donors (Lipinski definition) is 3. The van der Waals surface area contributed by atoms with Gasteiger partial charge in [0.1, 0.15) is 0 Å². The van der Waals surface area contributed by atoms with Crippen LogP contribution in [-0.2, 0) is 20.9 Å². The Bertz CT molecular complexity index is 677. The van der Waals surface area contributed by atoms with Crippen molar-refractivity contribution in [3.05, 3.63) is 35.4 Å². The summed E-state index contributed by atoms with van der Waals surface area (Å²) in [6.45, 7) is 8.47. The zero-order chi connectivity index (χ0) is 19.9. The first kappa shape index (κ1) is 21.1. The SMILES string of the molecule is CC(=O)NCc1ccc(C(=O)OC(C)C(=O)NC(=O)NC(C)(C)C)cc1. The number of amides is 4. The van der Waals surface area contributed by atoms with E-state index < -0.39 is 29.6 Å². The number of imide groups is 1. The number of ether oxygens (including phenoxy) is 1. The molecule has 1 unspecified atom stereocenters. The Labute approximate surface area is 152 Å². The Balaban J connectivity index is 2.56. The lowest BCUT2D eigenvalue weighted by Gasteiger charge is -2.21. The molecule has 0 heterocycles. The van der Waals surface area contributed by atoms with Crippen molar-refractivity contribution < 1.29 is 23.9 Å². The molecule has 26 heavy (non-hydrogen) atoms. The van der Waals surface area contributed by atoms with Crippen molar-refractivity contribution in [1.29, 1.82) is 0 Å². The lowest BCUT2D eigenvalue weighted by molar-refractivity contribution is -0.128. The first-order valence-electron chi connectivity index (χ1n) is 8.15. The molecule has 1 aromatic rings. The van der Waals surface area contributed by atoms with E-state index in [1.165, 1.54) is 26.0 Å². The third-order valence-electron chi connectivity index (χ3n) is 3.11. The Morgan fingerprint density at radius 1 is 1.08 bits per heavy atom. The molecular weight excluding hydrogens is 338 g/mol. The van der Waals surface area contributed by atoms with Crippen LogP contribution in [0.4, 0.5) is 4.79 Å². The number of benzene rings is 1. The summed E-state index contributed by atoms with van der Waals surface area (Å²) in [5, 5.41) is 7.34. The van der Waals surface area contributed by atoms with Crippen LogP contribution in [0, 0.1) is 0 Å². The summed E-state index contributed by atoms with van der Waals surface area (Å²) in [7, 11) is 0. The second-order valence-electron chi connectivity index (χ2n) is 6.85. The van der Waals surface area contributed by atoms with Crippen molar-refractivity contribution in [2.45, 2.75) is 52.8 Å². The summed E-state index contributed by atoms with van der Waals surface area (Å²) in [4.78, 5) is 46.5. The zero-order valence-corrected chi connectivity index (χ0v) is 15.6. The lowest BCUT2D eigenvalue weighted by Crippen LogP contribution is -2.50. The van der Waals surface area contributed by atoms with Crippen LogP contribution in [0.25, 0.3) is 0 Å². The van der Waals surface area contributed by atoms with E-state index in [0.717, 1.165) is 5.56 Å². The average molecular weight is 363 g/mol. The van der Waals surface area contributed by atoms with Gasteiger partial charge in [-0.2, -0.15) is 0 Å². The van der Waals surface area contributed by atoms with Gasteiger partial charge in [-0.3, -0.25) is 14.9 Å². The number of rotatable bonds is 5. The fourth-order valence-corrected chi connectivity index (χ4v) is 1.85. The summed E-state index contributed by atoms with van der Waals surface area (Å²) in [5.41, 5.74) is 0.584. The smallest absolute Gasteiger partial charge is 0.338 e. The minimum absolute atomic E-state index is 0.149. The molecule has 1 aromatic carbocycles. The van der Waals surface area contributed by atoms with Crippen molar-refractivity contribution >= 4 is 23.8 Å². The molecule has 0 aliphatic rings. The Kier molecular flexibility index (Phi) is 7.30. The maximum absolute atomic E-state index is 12.1. The van der Waals surface area contributed by atoms with Gasteiger partial charge in [0.25, 0.3) is 5.91 Å². The third kappa shape index (κ3) is 7.78. The number of esters is 1. The molecule has 8 nitrogen and oxygen atoms in total. The maximum Gasteiger partial charge on any atom is 0.338 e. The highest BCUT2D eigenvalue weighted by Gasteiger charge is 2.22. The molecule has 0 saturated carbocycles. The van der Waals surface area contributed by atoms with Crippen molar-refractivity contribution in [3.8, 4) is 0 Å². The average Bonchev–Trinajstić information content (AvgIpc) is 2.51. The van der Waals surface area contributed by atoms with Crippen LogP contribution in [-0.4, -0.2) is 35.5 Å². The van der Waals surface area contributed by atoms with Crippen LogP contribution in [0.3, 0.4) is 0 Å². The minimum atomic E-state index is -1.13. The van der Waals surface area contributed by atoms with Crippen molar-refractivity contribution in [2.24, 2.45) is 0 Å². The van der Waals surface area contributed by atoms with Gasteiger partial charge in [-0.25, -0.2) is 9.59 Å². The van der Waals surface area contributed by atoms with Crippen LogP contribution in [0.2, 0.25) is 0 Å². The van der Waals surface area contributed by atoms with Gasteiger partial charge in [0.2, 0.25) is 5.91 Å². The Morgan fingerprint density at radius 3 is 2.15 bits per heavy atom. The van der Waals surface area contributed by atoms with Crippen molar-refractivity contribution in [1.82, 2.24) is 16.0 Å². The van der Waals surface area contributed by atoms with E-state index in [-0.39, 0.29) is 11.5 Å². The van der Waals surface area contributed by atoms with Gasteiger partial charge in [-0.1, -0.05) is 12.1 Å². The lowest BCUT2D eigenvalue weighted by atomic mass is 10.1. The van der Waals surface area contributed by atoms with E-state index in [2.05, 4.69) is 16.0 Å². The summed E-state index contributed by atoms with van der Waals surface area (Å²) in [5.74, 6) is -1.55. The molecule has 8 heteroatoms. The van der Waals surface area contributed by atoms with Gasteiger partial charge in [-0.15, -0.1) is 0 Å². The van der Waals surface area contributed by atoms with Crippen LogP contribution >= 0.6 is 0 Å². The van der Waals surface area contributed by atoms with E-state index in [9.17, 15) is 19.2 Å². The number of urea groups is 1. The topological polar surface area (TPSA) is 114 Å². The normalized spacial score (nSPS) is 11.9. The molecule has 0 aromatic heterocycles. The first-order chi connectivity index (χ1) is 12.0. The van der Waals surface area contributed by atoms with Gasteiger partial charge in [0.15, 0.2) is 6.10 Å². The molecule has 0 aliphatic carbocycles. The molecule has 0 saturated heterocycles. The molecule has 0 bridgehead atoms. The van der Waals surface area contributed by atoms with Gasteiger partial charge in [0.05, 0.1) is 5.56 Å². The molecule has 3 N–H and O–H groups in total. The van der Waals surface area contributed by atoms with E-state index in [4.69, 9.17) is 4.74 Å². The molecule has 142 valence electrons. The summed E-state index contributed by atoms with van der Waals surface area (Å²) in [6.07, 6.45) is -1.13. The van der Waals surface area contributed by atoms with Gasteiger partial charge >= 0.3 is 12.0 Å². The van der Waals surface area contributed by atoms with Crippen LogP contribution < -0.4 is 16.0 Å². The summed E-state index contributed by atoms with van der Waals surface area (Å²) < 4.78 is 5.07. The highest BCUT2D eigenvalue weighted by molar-refractivity contribution is 5.98. The van der Waals surface area contributed by atoms with Crippen LogP contribution in [0.1, 0.15) is 50.5 Å². The highest BCUT2D eigenvalue weighted by atomic mass is 16.5. The fourth-order valence-electron chi connectivity index (χ4n) is 1.85. The van der Waals surface area contributed by atoms with Crippen molar-refractivity contribution in [3.63, 3.8) is 0 Å². The molecule has 1 rings (SSSR count). The molecule has 0 aliphatic heterocycles. The van der Waals surface area contributed by atoms with E-state index in [0.29, 0.717) is 6.54 Å². The predicted molar refractivity (Wildman–Crippen MR) is 95.3 cm³/mol. The van der Waals surface area contributed by atoms with Crippen molar-refractivity contribution in [2.75, 3.05) is 0 Å². The van der Waals surface area contributed by atoms with Crippen LogP contribution in [0.5, 0.6) is 0 Å². The quantitative estimate of drug-likeness (QED) is 0.686. The number of hydrogen-bond acceptors (Lipinski definition) is 5. The Morgan fingerprint density at radius 2 is 1.65 bits per heavy atom. The second-order valence-corrected chi connectivity index (χ2v) is 6.85. The van der Waals surface area contributed by atoms with Crippen LogP contribution in [0.15, 0.2) is 24.3 Å². The highest BCUT2D eigenvalue weighted by Crippen LogP contribution is 2.08. The molecule has 0 fully saturated rings. The fraction of sp³-hybridized carbons (Fsp3) is 0.444. The molecule has 4 amide bonds. The van der Waals surface area contributed by atoms with E-state index in [1.54, 1.807) is 32.9 Å². The molecule has 1 atom stereocenters. The van der Waals surface area contributed by atoms with Gasteiger partial charge in [0, 0.05) is 19.0 Å². The van der Waals surface area contributed by atoms with E-state index >= 15 is 0 Å². The largest absolute Gasteiger partial charge is 0.449 e.